The summed E-state index contributed by atoms with van der Waals surface area (Å²) in [7, 11) is 0. The highest BCUT2D eigenvalue weighted by atomic mass is 32.2. The van der Waals surface area contributed by atoms with Crippen LogP contribution in [0.25, 0.3) is 0 Å². The Kier molecular flexibility index (Phi) is 10.5. The molecular formula is C18H30N2O4S. The van der Waals surface area contributed by atoms with E-state index in [1.165, 1.54) is 23.6 Å². The molecule has 0 radical (unpaired) electrons. The average molecular weight is 371 g/mol. The van der Waals surface area contributed by atoms with Crippen molar-refractivity contribution in [2.75, 3.05) is 18.8 Å². The second-order valence-electron chi connectivity index (χ2n) is 6.41. The van der Waals surface area contributed by atoms with Crippen LogP contribution in [0, 0.1) is 0 Å². The number of rotatable bonds is 13. The molecule has 1 rings (SSSR count). The Morgan fingerprint density at radius 1 is 1.16 bits per heavy atom. The summed E-state index contributed by atoms with van der Waals surface area (Å²) >= 11 is 1.41. The number of likely N-dealkylation sites (tertiary alicyclic amines) is 1. The van der Waals surface area contributed by atoms with Crippen molar-refractivity contribution < 1.29 is 19.2 Å². The molecule has 3 amide bonds. The lowest BCUT2D eigenvalue weighted by Crippen LogP contribution is -2.32. The average Bonchev–Trinajstić information content (AvgIpc) is 2.83. The number of thioether (sulfide) groups is 1. The van der Waals surface area contributed by atoms with Crippen LogP contribution in [-0.4, -0.2) is 52.5 Å². The SMILES string of the molecule is CCCNC(=O)CCCCCCN1C(=O)CC(SCCC(C)=O)C1=O. The lowest BCUT2D eigenvalue weighted by atomic mass is 10.1. The van der Waals surface area contributed by atoms with Gasteiger partial charge in [0, 0.05) is 38.1 Å². The van der Waals surface area contributed by atoms with Gasteiger partial charge < -0.3 is 5.32 Å². The van der Waals surface area contributed by atoms with E-state index in [1.54, 1.807) is 0 Å². The molecule has 0 aromatic heterocycles. The number of nitrogens with zero attached hydrogens (tertiary/aromatic N) is 1. The summed E-state index contributed by atoms with van der Waals surface area (Å²) in [5.74, 6) is 0.566. The maximum atomic E-state index is 12.2. The van der Waals surface area contributed by atoms with Crippen molar-refractivity contribution in [2.45, 2.75) is 70.5 Å². The molecule has 0 saturated carbocycles. The number of imide groups is 1. The summed E-state index contributed by atoms with van der Waals surface area (Å²) in [6, 6.07) is 0. The summed E-state index contributed by atoms with van der Waals surface area (Å²) in [4.78, 5) is 48.0. The Balaban J connectivity index is 2.15. The number of carbonyl (C=O) groups excluding carboxylic acids is 4. The monoisotopic (exact) mass is 370 g/mol. The first-order chi connectivity index (χ1) is 12.0. The van der Waals surface area contributed by atoms with E-state index in [-0.39, 0.29) is 35.2 Å². The van der Waals surface area contributed by atoms with E-state index in [0.717, 1.165) is 38.6 Å². The molecule has 0 bridgehead atoms. The number of amides is 3. The Bertz CT molecular complexity index is 482. The highest BCUT2D eigenvalue weighted by Crippen LogP contribution is 2.26. The molecule has 0 spiro atoms. The maximum absolute atomic E-state index is 12.2. The zero-order valence-corrected chi connectivity index (χ0v) is 16.2. The van der Waals surface area contributed by atoms with Crippen molar-refractivity contribution in [3.8, 4) is 0 Å². The van der Waals surface area contributed by atoms with Gasteiger partial charge in [0.2, 0.25) is 17.7 Å². The number of nitrogens with one attached hydrogen (secondary N) is 1. The van der Waals surface area contributed by atoms with E-state index < -0.39 is 0 Å². The number of carbonyl (C=O) groups is 4. The third-order valence-corrected chi connectivity index (χ3v) is 5.29. The molecule has 1 saturated heterocycles. The van der Waals surface area contributed by atoms with Gasteiger partial charge in [0.15, 0.2) is 0 Å². The van der Waals surface area contributed by atoms with Gasteiger partial charge in [0.1, 0.15) is 5.78 Å². The lowest BCUT2D eigenvalue weighted by molar-refractivity contribution is -0.138. The van der Waals surface area contributed by atoms with Crippen LogP contribution in [0.1, 0.15) is 65.2 Å². The number of hydrogen-bond donors (Lipinski definition) is 1. The molecule has 0 aliphatic carbocycles. The number of unbranched alkanes of at least 4 members (excludes halogenated alkanes) is 3. The van der Waals surface area contributed by atoms with Crippen LogP contribution in [0.4, 0.5) is 0 Å². The molecule has 1 atom stereocenters. The van der Waals surface area contributed by atoms with Crippen LogP contribution >= 0.6 is 11.8 Å². The molecule has 7 heteroatoms. The second kappa shape index (κ2) is 12.1. The Morgan fingerprint density at radius 2 is 1.88 bits per heavy atom. The first-order valence-electron chi connectivity index (χ1n) is 9.17. The third kappa shape index (κ3) is 8.52. The largest absolute Gasteiger partial charge is 0.356 e. The molecular weight excluding hydrogens is 340 g/mol. The van der Waals surface area contributed by atoms with Crippen LogP contribution in [-0.2, 0) is 19.2 Å². The molecule has 1 unspecified atom stereocenters. The molecule has 0 aromatic rings. The normalized spacial score (nSPS) is 17.2. The molecule has 6 nitrogen and oxygen atoms in total. The van der Waals surface area contributed by atoms with E-state index in [0.29, 0.717) is 25.1 Å². The zero-order chi connectivity index (χ0) is 18.7. The van der Waals surface area contributed by atoms with Crippen LogP contribution in [0.3, 0.4) is 0 Å². The van der Waals surface area contributed by atoms with Crippen molar-refractivity contribution in [1.82, 2.24) is 10.2 Å². The standard InChI is InChI=1S/C18H30N2O4S/c1-3-10-19-16(22)8-6-4-5-7-11-20-17(23)13-15(18(20)24)25-12-9-14(2)21/h15H,3-13H2,1-2H3,(H,19,22). The van der Waals surface area contributed by atoms with Gasteiger partial charge in [-0.05, 0) is 26.2 Å². The van der Waals surface area contributed by atoms with Gasteiger partial charge in [0.05, 0.1) is 5.25 Å². The molecule has 1 aliphatic rings. The second-order valence-corrected chi connectivity index (χ2v) is 7.72. The van der Waals surface area contributed by atoms with Gasteiger partial charge in [0.25, 0.3) is 0 Å². The fourth-order valence-electron chi connectivity index (χ4n) is 2.62. The Labute approximate surface area is 154 Å². The lowest BCUT2D eigenvalue weighted by Gasteiger charge is -2.14. The molecule has 142 valence electrons. The highest BCUT2D eigenvalue weighted by molar-refractivity contribution is 8.00. The van der Waals surface area contributed by atoms with Crippen LogP contribution < -0.4 is 5.32 Å². The summed E-state index contributed by atoms with van der Waals surface area (Å²) in [6.45, 7) is 4.74. The number of Topliss-reactive ketones (excluding diaryl/α,β-unsaturated/α-hetero) is 1. The summed E-state index contributed by atoms with van der Waals surface area (Å²) in [6.07, 6.45) is 5.61. The smallest absolute Gasteiger partial charge is 0.242 e. The van der Waals surface area contributed by atoms with Crippen molar-refractivity contribution in [3.63, 3.8) is 0 Å². The van der Waals surface area contributed by atoms with Crippen LogP contribution in [0.15, 0.2) is 0 Å². The fourth-order valence-corrected chi connectivity index (χ4v) is 3.84. The Morgan fingerprint density at radius 3 is 2.56 bits per heavy atom. The maximum Gasteiger partial charge on any atom is 0.242 e. The first-order valence-corrected chi connectivity index (χ1v) is 10.2. The van der Waals surface area contributed by atoms with Gasteiger partial charge in [-0.15, -0.1) is 11.8 Å². The van der Waals surface area contributed by atoms with E-state index in [1.807, 2.05) is 6.92 Å². The fraction of sp³-hybridized carbons (Fsp3) is 0.778. The quantitative estimate of drug-likeness (QED) is 0.397. The van der Waals surface area contributed by atoms with Gasteiger partial charge in [-0.2, -0.15) is 0 Å². The molecule has 1 fully saturated rings. The zero-order valence-electron chi connectivity index (χ0n) is 15.3. The summed E-state index contributed by atoms with van der Waals surface area (Å²) in [5, 5.41) is 2.52. The van der Waals surface area contributed by atoms with Crippen molar-refractivity contribution in [1.29, 1.82) is 0 Å². The highest BCUT2D eigenvalue weighted by Gasteiger charge is 2.38. The van der Waals surface area contributed by atoms with Gasteiger partial charge in [-0.1, -0.05) is 19.8 Å². The van der Waals surface area contributed by atoms with Gasteiger partial charge >= 0.3 is 0 Å². The predicted molar refractivity (Wildman–Crippen MR) is 99.3 cm³/mol. The van der Waals surface area contributed by atoms with E-state index in [4.69, 9.17) is 0 Å². The molecule has 1 N–H and O–H groups in total. The number of hydrogen-bond acceptors (Lipinski definition) is 5. The van der Waals surface area contributed by atoms with Crippen molar-refractivity contribution >= 4 is 35.3 Å². The minimum atomic E-state index is -0.325. The molecule has 0 aromatic carbocycles. The molecule has 1 aliphatic heterocycles. The minimum Gasteiger partial charge on any atom is -0.356 e. The topological polar surface area (TPSA) is 83.6 Å². The van der Waals surface area contributed by atoms with E-state index >= 15 is 0 Å². The predicted octanol–water partition coefficient (Wildman–Crippen LogP) is 2.30. The first kappa shape index (κ1) is 21.7. The summed E-state index contributed by atoms with van der Waals surface area (Å²) in [5.41, 5.74) is 0. The minimum absolute atomic E-state index is 0.0946. The van der Waals surface area contributed by atoms with E-state index in [9.17, 15) is 19.2 Å². The van der Waals surface area contributed by atoms with Crippen molar-refractivity contribution in [2.24, 2.45) is 0 Å². The number of ketones is 1. The van der Waals surface area contributed by atoms with Gasteiger partial charge in [-0.25, -0.2) is 0 Å². The van der Waals surface area contributed by atoms with Crippen molar-refractivity contribution in [3.05, 3.63) is 0 Å². The molecule has 25 heavy (non-hydrogen) atoms. The van der Waals surface area contributed by atoms with E-state index in [2.05, 4.69) is 5.32 Å². The summed E-state index contributed by atoms with van der Waals surface area (Å²) < 4.78 is 0. The van der Waals surface area contributed by atoms with Gasteiger partial charge in [-0.3, -0.25) is 24.1 Å². The van der Waals surface area contributed by atoms with Crippen LogP contribution in [0.5, 0.6) is 0 Å². The van der Waals surface area contributed by atoms with Crippen LogP contribution in [0.2, 0.25) is 0 Å². The third-order valence-electron chi connectivity index (χ3n) is 4.08. The Hall–Kier alpha value is -1.37. The molecule has 1 heterocycles.